The monoisotopic (exact) mass is 542 g/mol. The van der Waals surface area contributed by atoms with E-state index in [0.29, 0.717) is 29.5 Å². The molecule has 2 rings (SSSR count). The van der Waals surface area contributed by atoms with Crippen LogP contribution in [0.2, 0.25) is 0 Å². The normalized spacial score (nSPS) is 11.3. The van der Waals surface area contributed by atoms with Crippen molar-refractivity contribution in [2.45, 2.75) is 32.9 Å². The van der Waals surface area contributed by atoms with Crippen LogP contribution in [-0.4, -0.2) is 78.5 Å². The molecule has 0 aliphatic rings. The molecule has 2 aromatic carbocycles. The number of carbonyl (C=O) groups excluding carboxylic acids is 5. The fourth-order valence-corrected chi connectivity index (χ4v) is 3.57. The number of aromatic hydroxyl groups is 2. The van der Waals surface area contributed by atoms with Gasteiger partial charge in [0, 0.05) is 31.1 Å². The molecule has 0 bridgehead atoms. The van der Waals surface area contributed by atoms with Crippen LogP contribution in [0.3, 0.4) is 0 Å². The first kappa shape index (κ1) is 30.6. The number of phenols is 2. The van der Waals surface area contributed by atoms with Crippen LogP contribution >= 0.6 is 0 Å². The Morgan fingerprint density at radius 3 is 2.18 bits per heavy atom. The Morgan fingerprint density at radius 2 is 1.59 bits per heavy atom. The molecule has 0 fully saturated rings. The number of nitrogens with one attached hydrogen (secondary N) is 3. The van der Waals surface area contributed by atoms with E-state index in [4.69, 9.17) is 4.74 Å². The van der Waals surface area contributed by atoms with Gasteiger partial charge in [-0.25, -0.2) is 0 Å². The summed E-state index contributed by atoms with van der Waals surface area (Å²) in [5.41, 5.74) is 1.80. The van der Waals surface area contributed by atoms with Crippen molar-refractivity contribution in [3.8, 4) is 22.6 Å². The summed E-state index contributed by atoms with van der Waals surface area (Å²) < 4.78 is 5.05. The van der Waals surface area contributed by atoms with Gasteiger partial charge in [-0.2, -0.15) is 0 Å². The van der Waals surface area contributed by atoms with Crippen LogP contribution < -0.4 is 16.0 Å². The molecule has 210 valence electrons. The second-order valence-corrected chi connectivity index (χ2v) is 9.34. The highest BCUT2D eigenvalue weighted by Gasteiger charge is 2.23. The quantitative estimate of drug-likeness (QED) is 0.159. The van der Waals surface area contributed by atoms with Gasteiger partial charge in [0.1, 0.15) is 24.1 Å². The first-order valence-electron chi connectivity index (χ1n) is 12.2. The van der Waals surface area contributed by atoms with Crippen molar-refractivity contribution in [1.29, 1.82) is 0 Å². The molecule has 0 heterocycles. The summed E-state index contributed by atoms with van der Waals surface area (Å²) in [6.45, 7) is 3.45. The number of ether oxygens (including phenoxy) is 1. The van der Waals surface area contributed by atoms with Crippen molar-refractivity contribution in [3.63, 3.8) is 0 Å². The second kappa shape index (κ2) is 15.0. The highest BCUT2D eigenvalue weighted by atomic mass is 16.5. The molecule has 0 aliphatic carbocycles. The summed E-state index contributed by atoms with van der Waals surface area (Å²) in [6.07, 6.45) is 0.971. The molecule has 12 nitrogen and oxygen atoms in total. The van der Waals surface area contributed by atoms with Crippen molar-refractivity contribution in [1.82, 2.24) is 20.9 Å². The smallest absolute Gasteiger partial charge is 0.325 e. The van der Waals surface area contributed by atoms with Crippen LogP contribution in [0.25, 0.3) is 11.1 Å². The third-order valence-electron chi connectivity index (χ3n) is 5.45. The first-order valence-corrected chi connectivity index (χ1v) is 12.2. The number of hydrogen-bond acceptors (Lipinski definition) is 8. The van der Waals surface area contributed by atoms with Crippen molar-refractivity contribution < 1.29 is 38.9 Å². The molecule has 0 aliphatic heterocycles. The standard InChI is InChI=1S/C27H34N4O8/c1-17(2)14-39-26(37)12-29-27(38)22(30-25(36)11-28-15-32)10-18-4-6-23(34)20(8-18)21-9-19(5-7-24(21)35)13-31(3)16-33/h4-9,15-17,22,34-35H,10-14H2,1-3H3,(H,28,32)(H,29,38)(H,30,36). The topological polar surface area (TPSA) is 174 Å². The first-order chi connectivity index (χ1) is 18.5. The molecule has 12 heteroatoms. The minimum atomic E-state index is -1.14. The van der Waals surface area contributed by atoms with Gasteiger partial charge in [-0.1, -0.05) is 26.0 Å². The number of amides is 4. The largest absolute Gasteiger partial charge is 0.507 e. The third kappa shape index (κ3) is 9.99. The number of phenolic OH excluding ortho intramolecular Hbond substituents is 2. The van der Waals surface area contributed by atoms with Crippen LogP contribution in [-0.2, 0) is 41.7 Å². The molecular weight excluding hydrogens is 508 g/mol. The summed E-state index contributed by atoms with van der Waals surface area (Å²) >= 11 is 0. The van der Waals surface area contributed by atoms with Gasteiger partial charge in [-0.3, -0.25) is 24.0 Å². The molecule has 2 aromatic rings. The molecule has 0 aromatic heterocycles. The summed E-state index contributed by atoms with van der Waals surface area (Å²) in [4.78, 5) is 60.1. The van der Waals surface area contributed by atoms with Gasteiger partial charge in [0.2, 0.25) is 24.6 Å². The van der Waals surface area contributed by atoms with E-state index < -0.39 is 30.4 Å². The van der Waals surface area contributed by atoms with E-state index >= 15 is 0 Å². The number of hydrogen-bond donors (Lipinski definition) is 5. The molecular formula is C27H34N4O8. The van der Waals surface area contributed by atoms with E-state index in [1.165, 1.54) is 17.0 Å². The van der Waals surface area contributed by atoms with E-state index in [0.717, 1.165) is 0 Å². The number of rotatable bonds is 15. The van der Waals surface area contributed by atoms with Gasteiger partial charge < -0.3 is 35.8 Å². The van der Waals surface area contributed by atoms with Crippen LogP contribution in [0.5, 0.6) is 11.5 Å². The van der Waals surface area contributed by atoms with E-state index in [1.54, 1.807) is 31.3 Å². The SMILES string of the molecule is CC(C)COC(=O)CNC(=O)C(Cc1ccc(O)c(-c2cc(CN(C)C=O)ccc2O)c1)NC(=O)CNC=O. The number of nitrogens with zero attached hydrogens (tertiary/aromatic N) is 1. The van der Waals surface area contributed by atoms with Crippen molar-refractivity contribution in [2.24, 2.45) is 5.92 Å². The lowest BCUT2D eigenvalue weighted by Gasteiger charge is -2.19. The number of benzene rings is 2. The Bertz CT molecular complexity index is 1180. The van der Waals surface area contributed by atoms with Crippen LogP contribution in [0.15, 0.2) is 36.4 Å². The van der Waals surface area contributed by atoms with Crippen LogP contribution in [0.1, 0.15) is 25.0 Å². The Morgan fingerprint density at radius 1 is 0.974 bits per heavy atom. The fourth-order valence-electron chi connectivity index (χ4n) is 3.57. The summed E-state index contributed by atoms with van der Waals surface area (Å²) in [5, 5.41) is 28.2. The lowest BCUT2D eigenvalue weighted by atomic mass is 9.96. The molecule has 1 atom stereocenters. The van der Waals surface area contributed by atoms with Crippen LogP contribution in [0, 0.1) is 5.92 Å². The minimum Gasteiger partial charge on any atom is -0.507 e. The lowest BCUT2D eigenvalue weighted by Crippen LogP contribution is -2.51. The van der Waals surface area contributed by atoms with Gasteiger partial charge in [0.15, 0.2) is 0 Å². The van der Waals surface area contributed by atoms with Crippen molar-refractivity contribution in [3.05, 3.63) is 47.5 Å². The van der Waals surface area contributed by atoms with Crippen molar-refractivity contribution in [2.75, 3.05) is 26.7 Å². The number of carbonyl (C=O) groups is 5. The molecule has 0 spiro atoms. The molecule has 0 saturated heterocycles. The molecule has 1 unspecified atom stereocenters. The van der Waals surface area contributed by atoms with E-state index in [9.17, 15) is 34.2 Å². The Hall–Kier alpha value is -4.61. The van der Waals surface area contributed by atoms with Gasteiger partial charge >= 0.3 is 5.97 Å². The molecule has 0 radical (unpaired) electrons. The maximum atomic E-state index is 12.9. The zero-order valence-electron chi connectivity index (χ0n) is 22.1. The van der Waals surface area contributed by atoms with Crippen LogP contribution in [0.4, 0.5) is 0 Å². The average molecular weight is 543 g/mol. The molecule has 0 saturated carbocycles. The molecule has 5 N–H and O–H groups in total. The van der Waals surface area contributed by atoms with Gasteiger partial charge in [0.05, 0.1) is 13.2 Å². The summed E-state index contributed by atoms with van der Waals surface area (Å²) in [6, 6.07) is 8.09. The highest BCUT2D eigenvalue weighted by molar-refractivity contribution is 5.90. The van der Waals surface area contributed by atoms with E-state index in [2.05, 4.69) is 16.0 Å². The second-order valence-electron chi connectivity index (χ2n) is 9.34. The maximum Gasteiger partial charge on any atom is 0.325 e. The zero-order valence-corrected chi connectivity index (χ0v) is 22.1. The summed E-state index contributed by atoms with van der Waals surface area (Å²) in [5.74, 6) is -2.05. The van der Waals surface area contributed by atoms with Gasteiger partial charge in [-0.05, 0) is 41.3 Å². The Labute approximate surface area is 226 Å². The average Bonchev–Trinajstić information content (AvgIpc) is 2.90. The van der Waals surface area contributed by atoms with Gasteiger partial charge in [0.25, 0.3) is 0 Å². The predicted octanol–water partition coefficient (Wildman–Crippen LogP) is 0.442. The maximum absolute atomic E-state index is 12.9. The third-order valence-corrected chi connectivity index (χ3v) is 5.45. The lowest BCUT2D eigenvalue weighted by molar-refractivity contribution is -0.145. The number of esters is 1. The predicted molar refractivity (Wildman–Crippen MR) is 141 cm³/mol. The van der Waals surface area contributed by atoms with Crippen molar-refractivity contribution >= 4 is 30.6 Å². The fraction of sp³-hybridized carbons (Fsp3) is 0.370. The highest BCUT2D eigenvalue weighted by Crippen LogP contribution is 2.37. The zero-order chi connectivity index (χ0) is 28.9. The molecule has 39 heavy (non-hydrogen) atoms. The Kier molecular flexibility index (Phi) is 11.7. The minimum absolute atomic E-state index is 0.0404. The summed E-state index contributed by atoms with van der Waals surface area (Å²) in [7, 11) is 1.60. The Balaban J connectivity index is 2.29. The molecule has 4 amide bonds. The van der Waals surface area contributed by atoms with Gasteiger partial charge in [-0.15, -0.1) is 0 Å². The van der Waals surface area contributed by atoms with E-state index in [-0.39, 0.29) is 49.1 Å². The van der Waals surface area contributed by atoms with E-state index in [1.807, 2.05) is 13.8 Å².